The van der Waals surface area contributed by atoms with Crippen LogP contribution in [0.15, 0.2) is 18.2 Å². The minimum Gasteiger partial charge on any atom is -0.488 e. The van der Waals surface area contributed by atoms with Crippen molar-refractivity contribution < 1.29 is 4.74 Å². The topological polar surface area (TPSA) is 21.3 Å². The number of hydrogen-bond acceptors (Lipinski definition) is 2. The lowest BCUT2D eigenvalue weighted by atomic mass is 10.1. The van der Waals surface area contributed by atoms with Gasteiger partial charge in [-0.3, -0.25) is 0 Å². The summed E-state index contributed by atoms with van der Waals surface area (Å²) in [5.41, 5.74) is 0.870. The molecule has 0 atom stereocenters. The zero-order valence-corrected chi connectivity index (χ0v) is 11.5. The van der Waals surface area contributed by atoms with Crippen molar-refractivity contribution in [3.63, 3.8) is 0 Å². The van der Waals surface area contributed by atoms with Crippen LogP contribution < -0.4 is 10.1 Å². The van der Waals surface area contributed by atoms with Crippen LogP contribution in [0.4, 0.5) is 0 Å². The van der Waals surface area contributed by atoms with Crippen LogP contribution in [0.2, 0.25) is 5.02 Å². The van der Waals surface area contributed by atoms with Crippen molar-refractivity contribution in [1.29, 1.82) is 0 Å². The molecule has 1 aromatic rings. The van der Waals surface area contributed by atoms with Gasteiger partial charge in [-0.25, -0.2) is 0 Å². The molecule has 2 rings (SSSR count). The van der Waals surface area contributed by atoms with E-state index in [0.717, 1.165) is 22.9 Å². The summed E-state index contributed by atoms with van der Waals surface area (Å²) >= 11 is 6.24. The Morgan fingerprint density at radius 1 is 1.35 bits per heavy atom. The van der Waals surface area contributed by atoms with E-state index in [1.165, 1.54) is 12.8 Å². The van der Waals surface area contributed by atoms with E-state index < -0.39 is 0 Å². The van der Waals surface area contributed by atoms with Gasteiger partial charge in [-0.2, -0.15) is 0 Å². The van der Waals surface area contributed by atoms with Crippen LogP contribution in [0, 0.1) is 0 Å². The molecule has 1 saturated carbocycles. The summed E-state index contributed by atoms with van der Waals surface area (Å²) in [5.74, 6) is 0.887. The molecule has 1 aromatic carbocycles. The zero-order valence-electron chi connectivity index (χ0n) is 10.7. The molecule has 0 radical (unpaired) electrons. The van der Waals surface area contributed by atoms with Gasteiger partial charge in [0, 0.05) is 23.2 Å². The van der Waals surface area contributed by atoms with Crippen LogP contribution in [0.1, 0.15) is 39.2 Å². The molecular weight excluding hydrogens is 234 g/mol. The van der Waals surface area contributed by atoms with Crippen LogP contribution >= 0.6 is 11.6 Å². The number of ether oxygens (including phenoxy) is 1. The van der Waals surface area contributed by atoms with Crippen molar-refractivity contribution in [2.45, 2.75) is 51.8 Å². The van der Waals surface area contributed by atoms with E-state index in [1.54, 1.807) is 0 Å². The Bertz CT molecular complexity index is 394. The first kappa shape index (κ1) is 12.7. The van der Waals surface area contributed by atoms with Crippen molar-refractivity contribution in [3.05, 3.63) is 28.8 Å². The third-order valence-corrected chi connectivity index (χ3v) is 2.99. The van der Waals surface area contributed by atoms with Crippen molar-refractivity contribution in [2.24, 2.45) is 0 Å². The highest BCUT2D eigenvalue weighted by atomic mass is 35.5. The fraction of sp³-hybridized carbons (Fsp3) is 0.571. The Morgan fingerprint density at radius 3 is 2.65 bits per heavy atom. The number of rotatable bonds is 4. The average Bonchev–Trinajstić information content (AvgIpc) is 2.98. The van der Waals surface area contributed by atoms with Gasteiger partial charge < -0.3 is 10.1 Å². The highest BCUT2D eigenvalue weighted by Gasteiger charge is 2.22. The molecule has 1 N–H and O–H groups in total. The van der Waals surface area contributed by atoms with Gasteiger partial charge in [-0.15, -0.1) is 0 Å². The van der Waals surface area contributed by atoms with Gasteiger partial charge in [-0.05, 0) is 45.7 Å². The van der Waals surface area contributed by atoms with E-state index in [0.29, 0.717) is 6.04 Å². The first-order valence-electron chi connectivity index (χ1n) is 6.15. The molecule has 3 heteroatoms. The highest BCUT2D eigenvalue weighted by molar-refractivity contribution is 6.31. The summed E-state index contributed by atoms with van der Waals surface area (Å²) in [6, 6.07) is 6.51. The zero-order chi connectivity index (χ0) is 12.5. The number of hydrogen-bond donors (Lipinski definition) is 1. The molecule has 0 aliphatic heterocycles. The van der Waals surface area contributed by atoms with Gasteiger partial charge in [0.15, 0.2) is 0 Å². The molecule has 94 valence electrons. The third-order valence-electron chi connectivity index (χ3n) is 2.64. The highest BCUT2D eigenvalue weighted by Crippen LogP contribution is 2.30. The maximum absolute atomic E-state index is 6.24. The predicted octanol–water partition coefficient (Wildman–Crippen LogP) is 3.77. The van der Waals surface area contributed by atoms with Gasteiger partial charge in [0.05, 0.1) is 0 Å². The van der Waals surface area contributed by atoms with Crippen LogP contribution in [-0.2, 0) is 6.54 Å². The molecule has 0 heterocycles. The second-order valence-corrected chi connectivity index (χ2v) is 5.99. The second-order valence-electron chi connectivity index (χ2n) is 5.59. The summed E-state index contributed by atoms with van der Waals surface area (Å²) in [7, 11) is 0. The molecule has 2 nitrogen and oxygen atoms in total. The molecule has 0 saturated heterocycles. The molecule has 1 aliphatic rings. The lowest BCUT2D eigenvalue weighted by molar-refractivity contribution is 0.129. The van der Waals surface area contributed by atoms with Gasteiger partial charge in [0.2, 0.25) is 0 Å². The van der Waals surface area contributed by atoms with Gasteiger partial charge in [-0.1, -0.05) is 17.7 Å². The smallest absolute Gasteiger partial charge is 0.126 e. The lowest BCUT2D eigenvalue weighted by Gasteiger charge is -2.24. The Kier molecular flexibility index (Phi) is 3.64. The SMILES string of the molecule is CC(C)(C)Oc1cccc(Cl)c1CNC1CC1. The standard InChI is InChI=1S/C14H20ClNO/c1-14(2,3)17-13-6-4-5-12(15)11(13)9-16-10-7-8-10/h4-6,10,16H,7-9H2,1-3H3. The van der Waals surface area contributed by atoms with Gasteiger partial charge in [0.1, 0.15) is 11.4 Å². The van der Waals surface area contributed by atoms with Gasteiger partial charge in [0.25, 0.3) is 0 Å². The van der Waals surface area contributed by atoms with E-state index >= 15 is 0 Å². The van der Waals surface area contributed by atoms with Crippen LogP contribution in [0.5, 0.6) is 5.75 Å². The largest absolute Gasteiger partial charge is 0.488 e. The molecule has 0 bridgehead atoms. The summed E-state index contributed by atoms with van der Waals surface area (Å²) in [6.45, 7) is 6.93. The van der Waals surface area contributed by atoms with Crippen molar-refractivity contribution in [2.75, 3.05) is 0 Å². The normalized spacial score (nSPS) is 16.0. The van der Waals surface area contributed by atoms with E-state index in [-0.39, 0.29) is 5.60 Å². The Hall–Kier alpha value is -0.730. The molecule has 0 spiro atoms. The van der Waals surface area contributed by atoms with E-state index in [1.807, 2.05) is 39.0 Å². The van der Waals surface area contributed by atoms with E-state index in [2.05, 4.69) is 5.32 Å². The van der Waals surface area contributed by atoms with Crippen molar-refractivity contribution in [1.82, 2.24) is 5.32 Å². The Balaban J connectivity index is 2.14. The van der Waals surface area contributed by atoms with Crippen LogP contribution in [0.3, 0.4) is 0 Å². The Morgan fingerprint density at radius 2 is 2.06 bits per heavy atom. The van der Waals surface area contributed by atoms with E-state index in [4.69, 9.17) is 16.3 Å². The fourth-order valence-corrected chi connectivity index (χ4v) is 1.90. The summed E-state index contributed by atoms with van der Waals surface area (Å²) in [5, 5.41) is 4.25. The molecule has 0 unspecified atom stereocenters. The quantitative estimate of drug-likeness (QED) is 0.882. The molecule has 17 heavy (non-hydrogen) atoms. The first-order valence-corrected chi connectivity index (χ1v) is 6.53. The average molecular weight is 254 g/mol. The Labute approximate surface area is 108 Å². The second kappa shape index (κ2) is 4.87. The molecule has 1 fully saturated rings. The number of benzene rings is 1. The van der Waals surface area contributed by atoms with Gasteiger partial charge >= 0.3 is 0 Å². The molecular formula is C14H20ClNO. The number of nitrogens with one attached hydrogen (secondary N) is 1. The maximum Gasteiger partial charge on any atom is 0.126 e. The minimum absolute atomic E-state index is 0.195. The molecule has 1 aliphatic carbocycles. The number of halogens is 1. The third kappa shape index (κ3) is 3.90. The van der Waals surface area contributed by atoms with Crippen LogP contribution in [0.25, 0.3) is 0 Å². The van der Waals surface area contributed by atoms with Crippen LogP contribution in [-0.4, -0.2) is 11.6 Å². The monoisotopic (exact) mass is 253 g/mol. The molecule has 0 amide bonds. The molecule has 0 aromatic heterocycles. The lowest BCUT2D eigenvalue weighted by Crippen LogP contribution is -2.25. The predicted molar refractivity (Wildman–Crippen MR) is 71.7 cm³/mol. The summed E-state index contributed by atoms with van der Waals surface area (Å²) < 4.78 is 5.94. The minimum atomic E-state index is -0.195. The summed E-state index contributed by atoms with van der Waals surface area (Å²) in [6.07, 6.45) is 2.56. The van der Waals surface area contributed by atoms with Crippen molar-refractivity contribution >= 4 is 11.6 Å². The van der Waals surface area contributed by atoms with E-state index in [9.17, 15) is 0 Å². The first-order chi connectivity index (χ1) is 7.96. The van der Waals surface area contributed by atoms with Crippen molar-refractivity contribution in [3.8, 4) is 5.75 Å². The summed E-state index contributed by atoms with van der Waals surface area (Å²) in [4.78, 5) is 0. The fourth-order valence-electron chi connectivity index (χ4n) is 1.67. The maximum atomic E-state index is 6.24.